The Hall–Kier alpha value is -0.830. The number of anilines is 1. The summed E-state index contributed by atoms with van der Waals surface area (Å²) in [6.45, 7) is 13.6. The van der Waals surface area contributed by atoms with Gasteiger partial charge in [-0.2, -0.15) is 0 Å². The minimum absolute atomic E-state index is 0.260. The standard InChI is InChI=1S/C10H11BrFN.2C2H6/c1-6(2)8-4-7(12)5-9(11)10(8)13-3;2*1-2/h4-5,13H,1H2,2-3H3;2*1-2H3. The fourth-order valence-corrected chi connectivity index (χ4v) is 1.79. The number of benzene rings is 1. The molecule has 98 valence electrons. The van der Waals surface area contributed by atoms with Crippen molar-refractivity contribution < 1.29 is 4.39 Å². The molecular weight excluding hydrogens is 281 g/mol. The van der Waals surface area contributed by atoms with Crippen molar-refractivity contribution in [2.24, 2.45) is 0 Å². The van der Waals surface area contributed by atoms with E-state index in [1.54, 1.807) is 7.05 Å². The minimum atomic E-state index is -0.260. The smallest absolute Gasteiger partial charge is 0.125 e. The molecule has 1 aromatic carbocycles. The first-order valence-electron chi connectivity index (χ1n) is 5.89. The van der Waals surface area contributed by atoms with Crippen LogP contribution in [-0.4, -0.2) is 7.05 Å². The molecule has 0 fully saturated rings. The topological polar surface area (TPSA) is 12.0 Å². The fourth-order valence-electron chi connectivity index (χ4n) is 1.16. The molecule has 0 aliphatic rings. The summed E-state index contributed by atoms with van der Waals surface area (Å²) in [6.07, 6.45) is 0. The van der Waals surface area contributed by atoms with Crippen LogP contribution < -0.4 is 5.32 Å². The first kappa shape index (κ1) is 18.5. The normalized spacial score (nSPS) is 8.24. The summed E-state index contributed by atoms with van der Waals surface area (Å²) >= 11 is 3.28. The number of rotatable bonds is 2. The van der Waals surface area contributed by atoms with Crippen LogP contribution in [0.3, 0.4) is 0 Å². The van der Waals surface area contributed by atoms with Gasteiger partial charge in [0, 0.05) is 17.1 Å². The van der Waals surface area contributed by atoms with Gasteiger partial charge in [0.25, 0.3) is 0 Å². The van der Waals surface area contributed by atoms with E-state index in [-0.39, 0.29) is 5.82 Å². The minimum Gasteiger partial charge on any atom is -0.387 e. The van der Waals surface area contributed by atoms with E-state index in [2.05, 4.69) is 27.8 Å². The molecule has 0 aromatic heterocycles. The zero-order valence-electron chi connectivity index (χ0n) is 11.6. The third-order valence-corrected chi connectivity index (χ3v) is 2.39. The molecule has 0 radical (unpaired) electrons. The lowest BCUT2D eigenvalue weighted by atomic mass is 10.1. The summed E-state index contributed by atoms with van der Waals surface area (Å²) in [5, 5.41) is 3.00. The van der Waals surface area contributed by atoms with E-state index in [9.17, 15) is 4.39 Å². The summed E-state index contributed by atoms with van der Waals surface area (Å²) in [4.78, 5) is 0. The Kier molecular flexibility index (Phi) is 11.3. The van der Waals surface area contributed by atoms with E-state index in [1.165, 1.54) is 12.1 Å². The zero-order valence-corrected chi connectivity index (χ0v) is 13.2. The highest BCUT2D eigenvalue weighted by Crippen LogP contribution is 2.31. The van der Waals surface area contributed by atoms with Crippen LogP contribution in [0, 0.1) is 5.82 Å². The number of allylic oxidation sites excluding steroid dienone is 1. The summed E-state index contributed by atoms with van der Waals surface area (Å²) in [5.41, 5.74) is 2.51. The van der Waals surface area contributed by atoms with E-state index in [0.717, 1.165) is 16.8 Å². The molecule has 0 aliphatic heterocycles. The molecule has 0 heterocycles. The van der Waals surface area contributed by atoms with Crippen molar-refractivity contribution in [1.82, 2.24) is 0 Å². The van der Waals surface area contributed by atoms with Gasteiger partial charge < -0.3 is 5.32 Å². The van der Waals surface area contributed by atoms with Gasteiger partial charge in [-0.3, -0.25) is 0 Å². The van der Waals surface area contributed by atoms with Gasteiger partial charge in [0.2, 0.25) is 0 Å². The first-order valence-corrected chi connectivity index (χ1v) is 6.68. The number of hydrogen-bond donors (Lipinski definition) is 1. The monoisotopic (exact) mass is 303 g/mol. The molecule has 3 heteroatoms. The Labute approximate surface area is 113 Å². The molecule has 0 spiro atoms. The molecule has 0 saturated carbocycles. The molecule has 1 aromatic rings. The van der Waals surface area contributed by atoms with Gasteiger partial charge in [-0.15, -0.1) is 0 Å². The molecule has 0 amide bonds. The highest BCUT2D eigenvalue weighted by Gasteiger charge is 2.08. The van der Waals surface area contributed by atoms with Gasteiger partial charge in [-0.05, 0) is 40.6 Å². The lowest BCUT2D eigenvalue weighted by molar-refractivity contribution is 0.626. The molecule has 17 heavy (non-hydrogen) atoms. The van der Waals surface area contributed by atoms with Crippen LogP contribution >= 0.6 is 15.9 Å². The lowest BCUT2D eigenvalue weighted by Gasteiger charge is -2.10. The van der Waals surface area contributed by atoms with Gasteiger partial charge in [-0.25, -0.2) is 4.39 Å². The second-order valence-electron chi connectivity index (χ2n) is 2.84. The average molecular weight is 304 g/mol. The molecule has 0 saturated heterocycles. The van der Waals surface area contributed by atoms with Gasteiger partial charge in [0.05, 0.1) is 5.69 Å². The van der Waals surface area contributed by atoms with Crippen molar-refractivity contribution in [2.75, 3.05) is 12.4 Å². The fraction of sp³-hybridized carbons (Fsp3) is 0.429. The van der Waals surface area contributed by atoms with Crippen molar-refractivity contribution in [3.8, 4) is 0 Å². The van der Waals surface area contributed by atoms with Gasteiger partial charge in [-0.1, -0.05) is 34.3 Å². The largest absolute Gasteiger partial charge is 0.387 e. The predicted octanol–water partition coefficient (Wildman–Crippen LogP) is 5.72. The van der Waals surface area contributed by atoms with Crippen LogP contribution in [0.2, 0.25) is 0 Å². The van der Waals surface area contributed by atoms with E-state index in [1.807, 2.05) is 34.6 Å². The van der Waals surface area contributed by atoms with Crippen molar-refractivity contribution in [3.63, 3.8) is 0 Å². The summed E-state index contributed by atoms with van der Waals surface area (Å²) in [5.74, 6) is -0.260. The summed E-state index contributed by atoms with van der Waals surface area (Å²) in [6, 6.07) is 2.90. The van der Waals surface area contributed by atoms with Crippen molar-refractivity contribution in [2.45, 2.75) is 34.6 Å². The number of nitrogens with one attached hydrogen (secondary N) is 1. The Morgan fingerprint density at radius 3 is 2.06 bits per heavy atom. The van der Waals surface area contributed by atoms with Crippen molar-refractivity contribution in [1.29, 1.82) is 0 Å². The number of hydrogen-bond acceptors (Lipinski definition) is 1. The van der Waals surface area contributed by atoms with Crippen LogP contribution in [0.1, 0.15) is 40.2 Å². The van der Waals surface area contributed by atoms with E-state index >= 15 is 0 Å². The van der Waals surface area contributed by atoms with Gasteiger partial charge in [0.15, 0.2) is 0 Å². The molecule has 0 unspecified atom stereocenters. The predicted molar refractivity (Wildman–Crippen MR) is 81.1 cm³/mol. The van der Waals surface area contributed by atoms with Crippen LogP contribution in [-0.2, 0) is 0 Å². The van der Waals surface area contributed by atoms with Crippen LogP contribution in [0.15, 0.2) is 23.2 Å². The Morgan fingerprint density at radius 2 is 1.71 bits per heavy atom. The molecule has 1 nitrogen and oxygen atoms in total. The van der Waals surface area contributed by atoms with Crippen LogP contribution in [0.4, 0.5) is 10.1 Å². The molecule has 0 bridgehead atoms. The van der Waals surface area contributed by atoms with Gasteiger partial charge >= 0.3 is 0 Å². The molecular formula is C14H23BrFN. The highest BCUT2D eigenvalue weighted by molar-refractivity contribution is 9.10. The summed E-state index contributed by atoms with van der Waals surface area (Å²) in [7, 11) is 1.80. The molecule has 1 rings (SSSR count). The van der Waals surface area contributed by atoms with E-state index in [0.29, 0.717) is 4.47 Å². The van der Waals surface area contributed by atoms with Crippen LogP contribution in [0.5, 0.6) is 0 Å². The molecule has 0 aliphatic carbocycles. The Balaban J connectivity index is 0. The van der Waals surface area contributed by atoms with Crippen LogP contribution in [0.25, 0.3) is 5.57 Å². The first-order chi connectivity index (χ1) is 8.06. The Morgan fingerprint density at radius 1 is 1.24 bits per heavy atom. The molecule has 0 atom stereocenters. The Bertz CT molecular complexity index is 348. The average Bonchev–Trinajstić information content (AvgIpc) is 2.33. The maximum atomic E-state index is 13.0. The molecule has 1 N–H and O–H groups in total. The van der Waals surface area contributed by atoms with Gasteiger partial charge in [0.1, 0.15) is 5.82 Å². The second kappa shape index (κ2) is 10.3. The highest BCUT2D eigenvalue weighted by atomic mass is 79.9. The van der Waals surface area contributed by atoms with Crippen molar-refractivity contribution in [3.05, 3.63) is 34.6 Å². The third-order valence-electron chi connectivity index (χ3n) is 1.76. The quantitative estimate of drug-likeness (QED) is 0.737. The SMILES string of the molecule is C=C(C)c1cc(F)cc(Br)c1NC.CC.CC. The summed E-state index contributed by atoms with van der Waals surface area (Å²) < 4.78 is 13.7. The third kappa shape index (κ3) is 5.87. The van der Waals surface area contributed by atoms with Crippen molar-refractivity contribution >= 4 is 27.2 Å². The lowest BCUT2D eigenvalue weighted by Crippen LogP contribution is -1.96. The second-order valence-corrected chi connectivity index (χ2v) is 3.69. The van der Waals surface area contributed by atoms with E-state index < -0.39 is 0 Å². The van der Waals surface area contributed by atoms with E-state index in [4.69, 9.17) is 0 Å². The zero-order chi connectivity index (χ0) is 14.0. The number of halogens is 2. The maximum absolute atomic E-state index is 13.0. The maximum Gasteiger partial charge on any atom is 0.125 e.